The van der Waals surface area contributed by atoms with Gasteiger partial charge < -0.3 is 4.74 Å². The summed E-state index contributed by atoms with van der Waals surface area (Å²) >= 11 is 0. The van der Waals surface area contributed by atoms with Crippen molar-refractivity contribution >= 4 is 16.1 Å². The van der Waals surface area contributed by atoms with Crippen molar-refractivity contribution in [1.29, 1.82) is 0 Å². The van der Waals surface area contributed by atoms with Crippen LogP contribution in [0.2, 0.25) is 0 Å². The number of hydrogen-bond donors (Lipinski definition) is 1. The molecule has 20 heavy (non-hydrogen) atoms. The fraction of sp³-hybridized carbons (Fsp3) is 0.923. The summed E-state index contributed by atoms with van der Waals surface area (Å²) in [5.41, 5.74) is 0. The van der Waals surface area contributed by atoms with E-state index < -0.39 is 33.1 Å². The summed E-state index contributed by atoms with van der Waals surface area (Å²) in [6.45, 7) is 0. The Bertz CT molecular complexity index is 451. The molecule has 0 heterocycles. The lowest BCUT2D eigenvalue weighted by Gasteiger charge is -2.30. The monoisotopic (exact) mass is 308 g/mol. The van der Waals surface area contributed by atoms with E-state index in [9.17, 15) is 17.6 Å². The molecule has 1 N–H and O–H groups in total. The zero-order valence-electron chi connectivity index (χ0n) is 11.4. The molecule has 1 unspecified atom stereocenters. The van der Waals surface area contributed by atoms with Gasteiger partial charge in [0.15, 0.2) is 0 Å². The zero-order chi connectivity index (χ0) is 14.8. The Labute approximate surface area is 118 Å². The van der Waals surface area contributed by atoms with Gasteiger partial charge in [-0.05, 0) is 25.7 Å². The van der Waals surface area contributed by atoms with Crippen molar-refractivity contribution < 1.29 is 26.9 Å². The lowest BCUT2D eigenvalue weighted by Crippen LogP contribution is -2.46. The molecule has 2 aliphatic rings. The molecule has 0 aromatic heterocycles. The van der Waals surface area contributed by atoms with Gasteiger partial charge in [0.2, 0.25) is 0 Å². The molecule has 0 radical (unpaired) electrons. The van der Waals surface area contributed by atoms with E-state index in [0.29, 0.717) is 38.5 Å². The van der Waals surface area contributed by atoms with Crippen LogP contribution in [0.5, 0.6) is 0 Å². The molecule has 7 heteroatoms. The van der Waals surface area contributed by atoms with Gasteiger partial charge >= 0.3 is 21.3 Å². The van der Waals surface area contributed by atoms with Crippen LogP contribution < -0.4 is 0 Å². The van der Waals surface area contributed by atoms with Gasteiger partial charge in [-0.3, -0.25) is 9.35 Å². The topological polar surface area (TPSA) is 80.7 Å². The van der Waals surface area contributed by atoms with Crippen molar-refractivity contribution in [3.05, 3.63) is 0 Å². The highest BCUT2D eigenvalue weighted by atomic mass is 32.2. The average Bonchev–Trinajstić information content (AvgIpc) is 2.92. The van der Waals surface area contributed by atoms with Crippen LogP contribution in [-0.4, -0.2) is 24.1 Å². The molecule has 0 bridgehead atoms. The highest BCUT2D eigenvalue weighted by Crippen LogP contribution is 2.41. The Morgan fingerprint density at radius 2 is 1.55 bits per heavy atom. The Balaban J connectivity index is 2.13. The molecule has 0 aliphatic heterocycles. The second-order valence-electron chi connectivity index (χ2n) is 5.79. The molecule has 116 valence electrons. The Kier molecular flexibility index (Phi) is 4.69. The van der Waals surface area contributed by atoms with Crippen molar-refractivity contribution in [2.24, 2.45) is 11.8 Å². The van der Waals surface area contributed by atoms with Gasteiger partial charge in [-0.15, -0.1) is 0 Å². The van der Waals surface area contributed by atoms with Gasteiger partial charge in [-0.2, -0.15) is 12.8 Å². The van der Waals surface area contributed by atoms with E-state index in [1.165, 1.54) is 0 Å². The molecular formula is C13H21FO5S. The molecular weight excluding hydrogens is 287 g/mol. The van der Waals surface area contributed by atoms with Gasteiger partial charge in [0.25, 0.3) is 0 Å². The largest absolute Gasteiger partial charge is 0.412 e. The number of halogens is 1. The first-order valence-electron chi connectivity index (χ1n) is 7.23. The number of carbonyl (C=O) groups is 1. The summed E-state index contributed by atoms with van der Waals surface area (Å²) in [5.74, 6) is -2.26. The second kappa shape index (κ2) is 5.97. The van der Waals surface area contributed by atoms with E-state index >= 15 is 0 Å². The zero-order valence-corrected chi connectivity index (χ0v) is 12.2. The number of carbonyl (C=O) groups excluding carboxylic acids is 1. The summed E-state index contributed by atoms with van der Waals surface area (Å²) in [5, 5.41) is -3.28. The van der Waals surface area contributed by atoms with Gasteiger partial charge in [0.05, 0.1) is 5.92 Å². The predicted molar refractivity (Wildman–Crippen MR) is 70.0 cm³/mol. The van der Waals surface area contributed by atoms with Crippen LogP contribution in [0.15, 0.2) is 0 Å². The van der Waals surface area contributed by atoms with Gasteiger partial charge in [-0.25, -0.2) is 0 Å². The molecule has 0 aromatic carbocycles. The van der Waals surface area contributed by atoms with Crippen LogP contribution in [0.1, 0.15) is 57.8 Å². The van der Waals surface area contributed by atoms with E-state index in [0.717, 1.165) is 19.3 Å². The van der Waals surface area contributed by atoms with Crippen LogP contribution in [-0.2, 0) is 19.6 Å². The minimum absolute atomic E-state index is 0.300. The molecule has 0 spiro atoms. The molecule has 2 saturated carbocycles. The lowest BCUT2D eigenvalue weighted by molar-refractivity contribution is -0.180. The van der Waals surface area contributed by atoms with Crippen LogP contribution in [0.4, 0.5) is 4.39 Å². The van der Waals surface area contributed by atoms with Crippen LogP contribution in [0, 0.1) is 11.8 Å². The van der Waals surface area contributed by atoms with E-state index in [4.69, 9.17) is 4.55 Å². The van der Waals surface area contributed by atoms with E-state index in [1.54, 1.807) is 0 Å². The SMILES string of the molecule is O=C(OC(F)(C1CCCC1)S(=O)(=O)O)C1CCCCC1. The minimum Gasteiger partial charge on any atom is -0.412 e. The normalized spacial score (nSPS) is 25.3. The third-order valence-electron chi connectivity index (χ3n) is 4.37. The summed E-state index contributed by atoms with van der Waals surface area (Å²) in [4.78, 5) is 12.0. The van der Waals surface area contributed by atoms with Gasteiger partial charge in [0, 0.05) is 5.92 Å². The molecule has 0 saturated heterocycles. The van der Waals surface area contributed by atoms with Gasteiger partial charge in [-0.1, -0.05) is 32.1 Å². The Hall–Kier alpha value is -0.690. The van der Waals surface area contributed by atoms with Crippen molar-refractivity contribution in [3.63, 3.8) is 0 Å². The Morgan fingerprint density at radius 1 is 1.05 bits per heavy atom. The third kappa shape index (κ3) is 3.14. The maximum absolute atomic E-state index is 14.7. The standard InChI is InChI=1S/C13H21FO5S/c14-13(20(16,17)18,11-8-4-5-9-11)19-12(15)10-6-2-1-3-7-10/h10-11H,1-9H2,(H,16,17,18). The van der Waals surface area contributed by atoms with E-state index in [2.05, 4.69) is 4.74 Å². The maximum atomic E-state index is 14.7. The Morgan fingerprint density at radius 3 is 2.05 bits per heavy atom. The smallest absolute Gasteiger partial charge is 0.379 e. The number of ether oxygens (including phenoxy) is 1. The lowest BCUT2D eigenvalue weighted by atomic mass is 9.89. The van der Waals surface area contributed by atoms with Gasteiger partial charge in [0.1, 0.15) is 0 Å². The molecule has 0 aromatic rings. The second-order valence-corrected chi connectivity index (χ2v) is 7.30. The highest BCUT2D eigenvalue weighted by Gasteiger charge is 2.55. The molecule has 1 atom stereocenters. The number of esters is 1. The van der Waals surface area contributed by atoms with Crippen molar-refractivity contribution in [1.82, 2.24) is 0 Å². The maximum Gasteiger partial charge on any atom is 0.379 e. The first kappa shape index (κ1) is 15.7. The molecule has 0 amide bonds. The minimum atomic E-state index is -5.09. The quantitative estimate of drug-likeness (QED) is 0.638. The number of alkyl halides is 1. The molecule has 2 rings (SSSR count). The van der Waals surface area contributed by atoms with Crippen molar-refractivity contribution in [3.8, 4) is 0 Å². The predicted octanol–water partition coefficient (Wildman–Crippen LogP) is 2.81. The average molecular weight is 308 g/mol. The fourth-order valence-corrected chi connectivity index (χ4v) is 4.02. The van der Waals surface area contributed by atoms with Crippen LogP contribution >= 0.6 is 0 Å². The summed E-state index contributed by atoms with van der Waals surface area (Å²) in [7, 11) is -5.09. The summed E-state index contributed by atoms with van der Waals surface area (Å²) < 4.78 is 51.3. The first-order valence-corrected chi connectivity index (χ1v) is 8.67. The third-order valence-corrected chi connectivity index (χ3v) is 5.49. The fourth-order valence-electron chi connectivity index (χ4n) is 3.18. The number of rotatable bonds is 4. The molecule has 2 fully saturated rings. The van der Waals surface area contributed by atoms with Crippen LogP contribution in [0.3, 0.4) is 0 Å². The van der Waals surface area contributed by atoms with Crippen LogP contribution in [0.25, 0.3) is 0 Å². The first-order chi connectivity index (χ1) is 9.34. The van der Waals surface area contributed by atoms with Crippen molar-refractivity contribution in [2.45, 2.75) is 63.0 Å². The van der Waals surface area contributed by atoms with E-state index in [-0.39, 0.29) is 0 Å². The number of hydrogen-bond acceptors (Lipinski definition) is 4. The van der Waals surface area contributed by atoms with E-state index in [1.807, 2.05) is 0 Å². The highest BCUT2D eigenvalue weighted by molar-refractivity contribution is 7.86. The molecule has 2 aliphatic carbocycles. The molecule has 5 nitrogen and oxygen atoms in total. The summed E-state index contributed by atoms with van der Waals surface area (Å²) in [6, 6.07) is 0. The summed E-state index contributed by atoms with van der Waals surface area (Å²) in [6.07, 6.45) is 5.85. The van der Waals surface area contributed by atoms with Crippen molar-refractivity contribution in [2.75, 3.05) is 0 Å².